The van der Waals surface area contributed by atoms with Gasteiger partial charge in [-0.2, -0.15) is 0 Å². The van der Waals surface area contributed by atoms with Crippen molar-refractivity contribution in [2.75, 3.05) is 25.4 Å². The van der Waals surface area contributed by atoms with Gasteiger partial charge in [0.15, 0.2) is 9.84 Å². The molecule has 0 aromatic rings. The third-order valence-corrected chi connectivity index (χ3v) is 6.31. The molecule has 4 nitrogen and oxygen atoms in total. The van der Waals surface area contributed by atoms with E-state index in [9.17, 15) is 8.42 Å². The molecule has 1 aliphatic carbocycles. The normalized spacial score (nSPS) is 18.4. The van der Waals surface area contributed by atoms with Crippen molar-refractivity contribution in [1.29, 1.82) is 0 Å². The molecule has 0 heterocycles. The monoisotopic (exact) mass is 290 g/mol. The van der Waals surface area contributed by atoms with E-state index in [-0.39, 0.29) is 11.0 Å². The predicted octanol–water partition coefficient (Wildman–Crippen LogP) is 1.79. The molecule has 1 rings (SSSR count). The van der Waals surface area contributed by atoms with Crippen molar-refractivity contribution < 1.29 is 8.42 Å². The van der Waals surface area contributed by atoms with Crippen LogP contribution in [-0.2, 0) is 9.84 Å². The van der Waals surface area contributed by atoms with Crippen LogP contribution in [0.4, 0.5) is 0 Å². The Bertz CT molecular complexity index is 335. The molecule has 0 atom stereocenters. The fourth-order valence-electron chi connectivity index (χ4n) is 2.70. The number of sulfone groups is 1. The van der Waals surface area contributed by atoms with E-state index in [1.165, 1.54) is 32.1 Å². The third kappa shape index (κ3) is 5.79. The Morgan fingerprint density at radius 3 is 2.32 bits per heavy atom. The highest BCUT2D eigenvalue weighted by molar-refractivity contribution is 7.92. The standard InChI is InChI=1S/C14H30N2O2S/c1-13(2)19(17,18)12-11-16(10-6-9-15)14-7-4-3-5-8-14/h13-14H,3-12,15H2,1-2H3. The lowest BCUT2D eigenvalue weighted by atomic mass is 9.94. The van der Waals surface area contributed by atoms with E-state index < -0.39 is 9.84 Å². The summed E-state index contributed by atoms with van der Waals surface area (Å²) in [4.78, 5) is 2.37. The van der Waals surface area contributed by atoms with Crippen LogP contribution >= 0.6 is 0 Å². The van der Waals surface area contributed by atoms with E-state index in [2.05, 4.69) is 4.90 Å². The molecule has 0 aliphatic heterocycles. The van der Waals surface area contributed by atoms with Gasteiger partial charge in [-0.05, 0) is 46.2 Å². The molecule has 114 valence electrons. The summed E-state index contributed by atoms with van der Waals surface area (Å²) in [5.41, 5.74) is 5.59. The molecule has 0 radical (unpaired) electrons. The van der Waals surface area contributed by atoms with Crippen LogP contribution in [0.3, 0.4) is 0 Å². The molecular formula is C14H30N2O2S. The van der Waals surface area contributed by atoms with E-state index in [0.29, 0.717) is 19.1 Å². The number of nitrogens with two attached hydrogens (primary N) is 1. The number of hydrogen-bond acceptors (Lipinski definition) is 4. The first-order valence-corrected chi connectivity index (χ1v) is 9.34. The molecule has 0 bridgehead atoms. The molecule has 0 saturated heterocycles. The first-order chi connectivity index (χ1) is 8.97. The largest absolute Gasteiger partial charge is 0.330 e. The summed E-state index contributed by atoms with van der Waals surface area (Å²) in [6, 6.07) is 0.572. The average molecular weight is 290 g/mol. The summed E-state index contributed by atoms with van der Waals surface area (Å²) >= 11 is 0. The van der Waals surface area contributed by atoms with Crippen LogP contribution in [0.5, 0.6) is 0 Å². The summed E-state index contributed by atoms with van der Waals surface area (Å²) in [5.74, 6) is 0.283. The second-order valence-electron chi connectivity index (χ2n) is 5.89. The van der Waals surface area contributed by atoms with Gasteiger partial charge in [0.1, 0.15) is 0 Å². The van der Waals surface area contributed by atoms with Crippen LogP contribution in [0, 0.1) is 0 Å². The van der Waals surface area contributed by atoms with Gasteiger partial charge in [-0.25, -0.2) is 8.42 Å². The summed E-state index contributed by atoms with van der Waals surface area (Å²) in [5, 5.41) is -0.268. The van der Waals surface area contributed by atoms with Gasteiger partial charge in [-0.15, -0.1) is 0 Å². The lowest BCUT2D eigenvalue weighted by Crippen LogP contribution is -2.41. The number of nitrogens with zero attached hydrogens (tertiary/aromatic N) is 1. The molecule has 0 spiro atoms. The minimum atomic E-state index is -2.93. The molecule has 0 aromatic carbocycles. The van der Waals surface area contributed by atoms with Crippen molar-refractivity contribution in [3.8, 4) is 0 Å². The van der Waals surface area contributed by atoms with Crippen molar-refractivity contribution in [3.05, 3.63) is 0 Å². The van der Waals surface area contributed by atoms with Crippen molar-refractivity contribution in [3.63, 3.8) is 0 Å². The maximum Gasteiger partial charge on any atom is 0.153 e. The number of hydrogen-bond donors (Lipinski definition) is 1. The molecule has 1 aliphatic rings. The van der Waals surface area contributed by atoms with Gasteiger partial charge in [0.2, 0.25) is 0 Å². The Labute approximate surface area is 118 Å². The van der Waals surface area contributed by atoms with Crippen LogP contribution in [0.25, 0.3) is 0 Å². The van der Waals surface area contributed by atoms with E-state index in [1.54, 1.807) is 13.8 Å². The number of rotatable bonds is 8. The summed E-state index contributed by atoms with van der Waals surface area (Å²) in [7, 11) is -2.93. The second kappa shape index (κ2) is 8.22. The van der Waals surface area contributed by atoms with E-state index >= 15 is 0 Å². The molecule has 2 N–H and O–H groups in total. The quantitative estimate of drug-likeness (QED) is 0.740. The minimum Gasteiger partial charge on any atom is -0.330 e. The van der Waals surface area contributed by atoms with Crippen molar-refractivity contribution in [2.45, 2.75) is 63.7 Å². The zero-order valence-electron chi connectivity index (χ0n) is 12.5. The third-order valence-electron chi connectivity index (χ3n) is 4.12. The minimum absolute atomic E-state index is 0.268. The first kappa shape index (κ1) is 16.9. The van der Waals surface area contributed by atoms with E-state index in [4.69, 9.17) is 5.73 Å². The van der Waals surface area contributed by atoms with Crippen molar-refractivity contribution in [2.24, 2.45) is 5.73 Å². The van der Waals surface area contributed by atoms with Crippen LogP contribution in [0.1, 0.15) is 52.4 Å². The molecule has 0 amide bonds. The van der Waals surface area contributed by atoms with Crippen LogP contribution in [0.15, 0.2) is 0 Å². The van der Waals surface area contributed by atoms with Crippen molar-refractivity contribution in [1.82, 2.24) is 4.90 Å². The molecule has 19 heavy (non-hydrogen) atoms. The van der Waals surface area contributed by atoms with Crippen molar-refractivity contribution >= 4 is 9.84 Å². The Kier molecular flexibility index (Phi) is 7.32. The van der Waals surface area contributed by atoms with Gasteiger partial charge >= 0.3 is 0 Å². The lowest BCUT2D eigenvalue weighted by Gasteiger charge is -2.34. The maximum atomic E-state index is 11.9. The molecule has 0 aromatic heterocycles. The Morgan fingerprint density at radius 2 is 1.79 bits per heavy atom. The summed E-state index contributed by atoms with van der Waals surface area (Å²) in [6.07, 6.45) is 7.27. The fourth-order valence-corrected chi connectivity index (χ4v) is 3.66. The van der Waals surface area contributed by atoms with Crippen LogP contribution in [-0.4, -0.2) is 50.0 Å². The Morgan fingerprint density at radius 1 is 1.16 bits per heavy atom. The van der Waals surface area contributed by atoms with Gasteiger partial charge in [0.25, 0.3) is 0 Å². The summed E-state index contributed by atoms with van der Waals surface area (Å²) in [6.45, 7) is 5.82. The first-order valence-electron chi connectivity index (χ1n) is 7.63. The van der Waals surface area contributed by atoms with E-state index in [1.807, 2.05) is 0 Å². The highest BCUT2D eigenvalue weighted by atomic mass is 32.2. The van der Waals surface area contributed by atoms with E-state index in [0.717, 1.165) is 13.0 Å². The fraction of sp³-hybridized carbons (Fsp3) is 1.00. The SMILES string of the molecule is CC(C)S(=O)(=O)CCN(CCCN)C1CCCCC1. The van der Waals surface area contributed by atoms with Crippen LogP contribution in [0.2, 0.25) is 0 Å². The highest BCUT2D eigenvalue weighted by Gasteiger charge is 2.23. The zero-order valence-corrected chi connectivity index (χ0v) is 13.3. The molecule has 1 fully saturated rings. The zero-order chi connectivity index (χ0) is 14.3. The molecule has 1 saturated carbocycles. The van der Waals surface area contributed by atoms with Gasteiger partial charge < -0.3 is 5.73 Å². The highest BCUT2D eigenvalue weighted by Crippen LogP contribution is 2.22. The summed E-state index contributed by atoms with van der Waals surface area (Å²) < 4.78 is 23.9. The topological polar surface area (TPSA) is 63.4 Å². The van der Waals surface area contributed by atoms with Gasteiger partial charge in [-0.1, -0.05) is 19.3 Å². The lowest BCUT2D eigenvalue weighted by molar-refractivity contribution is 0.163. The second-order valence-corrected chi connectivity index (χ2v) is 8.56. The van der Waals surface area contributed by atoms with Gasteiger partial charge in [-0.3, -0.25) is 4.90 Å². The predicted molar refractivity (Wildman–Crippen MR) is 81.0 cm³/mol. The maximum absolute atomic E-state index is 11.9. The Balaban J connectivity index is 2.53. The molecule has 5 heteroatoms. The molecular weight excluding hydrogens is 260 g/mol. The average Bonchev–Trinajstić information content (AvgIpc) is 2.39. The Hall–Kier alpha value is -0.130. The molecule has 0 unspecified atom stereocenters. The van der Waals surface area contributed by atoms with Crippen LogP contribution < -0.4 is 5.73 Å². The smallest absolute Gasteiger partial charge is 0.153 e. The van der Waals surface area contributed by atoms with Gasteiger partial charge in [0, 0.05) is 12.6 Å². The van der Waals surface area contributed by atoms with Gasteiger partial charge in [0.05, 0.1) is 11.0 Å².